The van der Waals surface area contributed by atoms with E-state index in [1.54, 1.807) is 0 Å². The summed E-state index contributed by atoms with van der Waals surface area (Å²) in [6.45, 7) is 5.91. The molecule has 2 aliphatic heterocycles. The summed E-state index contributed by atoms with van der Waals surface area (Å²) >= 11 is 0. The van der Waals surface area contributed by atoms with Crippen LogP contribution in [0.2, 0.25) is 0 Å². The quantitative estimate of drug-likeness (QED) is 0.763. The van der Waals surface area contributed by atoms with Crippen LogP contribution in [0.5, 0.6) is 5.75 Å². The number of aliphatic hydroxyl groups is 1. The highest BCUT2D eigenvalue weighted by atomic mass is 16.5. The molecular formula is C24H29NO5. The molecule has 1 spiro atoms. The highest BCUT2D eigenvalue weighted by Gasteiger charge is 2.73. The molecule has 5 aliphatic rings. The average molecular weight is 411 g/mol. The number of ketones is 1. The van der Waals surface area contributed by atoms with E-state index in [0.29, 0.717) is 25.4 Å². The van der Waals surface area contributed by atoms with Gasteiger partial charge in [0.15, 0.2) is 11.9 Å². The molecular weight excluding hydrogens is 382 g/mol. The van der Waals surface area contributed by atoms with Crippen LogP contribution in [0.4, 0.5) is 0 Å². The summed E-state index contributed by atoms with van der Waals surface area (Å²) in [7, 11) is 0. The molecule has 1 aromatic rings. The van der Waals surface area contributed by atoms with E-state index in [9.17, 15) is 14.7 Å². The van der Waals surface area contributed by atoms with Crippen LogP contribution in [-0.4, -0.2) is 59.2 Å². The molecule has 3 aliphatic carbocycles. The van der Waals surface area contributed by atoms with Gasteiger partial charge in [0.25, 0.3) is 0 Å². The van der Waals surface area contributed by atoms with Gasteiger partial charge in [-0.1, -0.05) is 12.1 Å². The monoisotopic (exact) mass is 411 g/mol. The molecule has 2 heterocycles. The molecule has 6 rings (SSSR count). The lowest BCUT2D eigenvalue weighted by Gasteiger charge is -2.62. The van der Waals surface area contributed by atoms with E-state index in [2.05, 4.69) is 17.0 Å². The first-order chi connectivity index (χ1) is 14.4. The van der Waals surface area contributed by atoms with Gasteiger partial charge in [-0.3, -0.25) is 14.5 Å². The first kappa shape index (κ1) is 18.8. The number of carbonyl (C=O) groups is 2. The van der Waals surface area contributed by atoms with Crippen LogP contribution in [0.3, 0.4) is 0 Å². The molecule has 160 valence electrons. The average Bonchev–Trinajstić information content (AvgIpc) is 3.39. The second kappa shape index (κ2) is 6.07. The van der Waals surface area contributed by atoms with E-state index in [0.717, 1.165) is 49.2 Å². The van der Waals surface area contributed by atoms with Crippen LogP contribution in [0.1, 0.15) is 49.3 Å². The largest absolute Gasteiger partial charge is 0.481 e. The van der Waals surface area contributed by atoms with Crippen molar-refractivity contribution in [3.8, 4) is 5.75 Å². The molecule has 6 atom stereocenters. The number of esters is 1. The van der Waals surface area contributed by atoms with Crippen LogP contribution in [0.25, 0.3) is 0 Å². The highest BCUT2D eigenvalue weighted by molar-refractivity contribution is 5.89. The zero-order valence-electron chi connectivity index (χ0n) is 17.6. The molecule has 1 saturated heterocycles. The Hall–Kier alpha value is -1.92. The van der Waals surface area contributed by atoms with E-state index >= 15 is 0 Å². The molecule has 1 unspecified atom stereocenters. The maximum absolute atomic E-state index is 12.9. The van der Waals surface area contributed by atoms with E-state index in [1.807, 2.05) is 13.8 Å². The maximum atomic E-state index is 12.9. The number of ether oxygens (including phenoxy) is 2. The minimum Gasteiger partial charge on any atom is -0.481 e. The molecule has 30 heavy (non-hydrogen) atoms. The standard InChI is InChI=1S/C24H29NO5/c1-3-29-22(27)16-10-15(16)12-25-9-8-23-19-14-5-4-13(2)20(19)30-21(23)17(26)6-7-24(23,28)18(25)11-14/h4-5,15-16,18,21,28H,3,6-12H2,1-2H3/t15-,16+,18+,21?,23-,24+/m0/s1. The number of aryl methyl sites for hydroxylation is 1. The zero-order valence-corrected chi connectivity index (χ0v) is 17.6. The van der Waals surface area contributed by atoms with Crippen molar-refractivity contribution >= 4 is 11.8 Å². The van der Waals surface area contributed by atoms with Gasteiger partial charge in [-0.25, -0.2) is 0 Å². The fraction of sp³-hybridized carbons (Fsp3) is 0.667. The zero-order chi connectivity index (χ0) is 20.8. The van der Waals surface area contributed by atoms with Gasteiger partial charge in [0.2, 0.25) is 0 Å². The molecule has 2 bridgehead atoms. The van der Waals surface area contributed by atoms with Crippen molar-refractivity contribution in [2.24, 2.45) is 11.8 Å². The van der Waals surface area contributed by atoms with Gasteiger partial charge in [-0.15, -0.1) is 0 Å². The third-order valence-electron chi connectivity index (χ3n) is 8.57. The smallest absolute Gasteiger partial charge is 0.309 e. The predicted octanol–water partition coefficient (Wildman–Crippen LogP) is 1.92. The molecule has 0 aromatic heterocycles. The number of benzene rings is 1. The Morgan fingerprint density at radius 3 is 3.00 bits per heavy atom. The normalized spacial score (nSPS) is 40.6. The summed E-state index contributed by atoms with van der Waals surface area (Å²) in [6.07, 6.45) is 2.65. The third-order valence-corrected chi connectivity index (χ3v) is 8.57. The summed E-state index contributed by atoms with van der Waals surface area (Å²) < 4.78 is 11.5. The van der Waals surface area contributed by atoms with E-state index in [1.165, 1.54) is 5.56 Å². The number of carbonyl (C=O) groups excluding carboxylic acids is 2. The van der Waals surface area contributed by atoms with Crippen molar-refractivity contribution < 1.29 is 24.2 Å². The second-order valence-corrected chi connectivity index (χ2v) is 9.92. The predicted molar refractivity (Wildman–Crippen MR) is 108 cm³/mol. The number of Topliss-reactive ketones (excluding diaryl/α,β-unsaturated/α-hetero) is 1. The van der Waals surface area contributed by atoms with Crippen molar-refractivity contribution in [2.45, 2.75) is 69.1 Å². The number of rotatable bonds is 4. The molecule has 2 saturated carbocycles. The van der Waals surface area contributed by atoms with Gasteiger partial charge < -0.3 is 14.6 Å². The van der Waals surface area contributed by atoms with Crippen molar-refractivity contribution in [3.63, 3.8) is 0 Å². The molecule has 0 amide bonds. The lowest BCUT2D eigenvalue weighted by Crippen LogP contribution is -2.76. The van der Waals surface area contributed by atoms with Gasteiger partial charge in [0.1, 0.15) is 5.75 Å². The second-order valence-electron chi connectivity index (χ2n) is 9.92. The lowest BCUT2D eigenvalue weighted by molar-refractivity contribution is -0.189. The molecule has 6 heteroatoms. The van der Waals surface area contributed by atoms with Crippen molar-refractivity contribution in [3.05, 3.63) is 28.8 Å². The fourth-order valence-corrected chi connectivity index (χ4v) is 7.07. The van der Waals surface area contributed by atoms with Crippen LogP contribution >= 0.6 is 0 Å². The molecule has 0 radical (unpaired) electrons. The van der Waals surface area contributed by atoms with Crippen LogP contribution < -0.4 is 4.74 Å². The van der Waals surface area contributed by atoms with E-state index in [-0.39, 0.29) is 23.7 Å². The Morgan fingerprint density at radius 1 is 1.37 bits per heavy atom. The topological polar surface area (TPSA) is 76.1 Å². The number of hydrogen-bond acceptors (Lipinski definition) is 6. The Morgan fingerprint density at radius 2 is 2.20 bits per heavy atom. The molecule has 1 aromatic carbocycles. The number of hydrogen-bond donors (Lipinski definition) is 1. The van der Waals surface area contributed by atoms with Gasteiger partial charge >= 0.3 is 5.97 Å². The molecule has 3 fully saturated rings. The van der Waals surface area contributed by atoms with Gasteiger partial charge in [-0.2, -0.15) is 0 Å². The summed E-state index contributed by atoms with van der Waals surface area (Å²) in [5.74, 6) is 1.17. The first-order valence-corrected chi connectivity index (χ1v) is 11.4. The van der Waals surface area contributed by atoms with E-state index in [4.69, 9.17) is 9.47 Å². The SMILES string of the molecule is CCOC(=O)[C@@H]1C[C@H]1CN1CC[C@]23c4c5ccc(C)c4OC2C(=O)CC[C@@]3(O)[C@H]1C5. The number of likely N-dealkylation sites (tertiary alicyclic amines) is 1. The molecule has 1 N–H and O–H groups in total. The van der Waals surface area contributed by atoms with Gasteiger partial charge in [0.05, 0.1) is 23.5 Å². The van der Waals surface area contributed by atoms with Gasteiger partial charge in [-0.05, 0) is 63.1 Å². The Balaban J connectivity index is 1.37. The maximum Gasteiger partial charge on any atom is 0.309 e. The van der Waals surface area contributed by atoms with Crippen LogP contribution in [0, 0.1) is 18.8 Å². The summed E-state index contributed by atoms with van der Waals surface area (Å²) in [5.41, 5.74) is 1.77. The first-order valence-electron chi connectivity index (χ1n) is 11.4. The minimum atomic E-state index is -0.968. The van der Waals surface area contributed by atoms with Crippen molar-refractivity contribution in [1.82, 2.24) is 4.90 Å². The number of nitrogens with zero attached hydrogens (tertiary/aromatic N) is 1. The fourth-order valence-electron chi connectivity index (χ4n) is 7.07. The van der Waals surface area contributed by atoms with Crippen molar-refractivity contribution in [2.75, 3.05) is 19.7 Å². The number of piperidine rings is 1. The minimum absolute atomic E-state index is 0.00361. The van der Waals surface area contributed by atoms with Crippen LogP contribution in [0.15, 0.2) is 12.1 Å². The third kappa shape index (κ3) is 2.16. The summed E-state index contributed by atoms with van der Waals surface area (Å²) in [6, 6.07) is 4.19. The van der Waals surface area contributed by atoms with Gasteiger partial charge in [0, 0.05) is 24.6 Å². The summed E-state index contributed by atoms with van der Waals surface area (Å²) in [5, 5.41) is 12.2. The van der Waals surface area contributed by atoms with Crippen LogP contribution in [-0.2, 0) is 26.2 Å². The lowest BCUT2D eigenvalue weighted by atomic mass is 9.49. The van der Waals surface area contributed by atoms with Crippen molar-refractivity contribution in [1.29, 1.82) is 0 Å². The van der Waals surface area contributed by atoms with E-state index < -0.39 is 17.1 Å². The Bertz CT molecular complexity index is 959. The Kier molecular flexibility index (Phi) is 3.81. The summed E-state index contributed by atoms with van der Waals surface area (Å²) in [4.78, 5) is 27.4. The molecule has 6 nitrogen and oxygen atoms in total. The Labute approximate surface area is 176 Å². The highest BCUT2D eigenvalue weighted by Crippen LogP contribution is 2.64.